The molecule has 0 bridgehead atoms. The molecule has 1 aliphatic heterocycles. The van der Waals surface area contributed by atoms with Crippen molar-refractivity contribution >= 4 is 11.3 Å². The second kappa shape index (κ2) is 4.47. The molecule has 1 aromatic carbocycles. The first kappa shape index (κ1) is 10.7. The molecule has 1 aliphatic rings. The maximum atomic E-state index is 11.5. The van der Waals surface area contributed by atoms with Crippen LogP contribution < -0.4 is 4.87 Å². The topological polar surface area (TPSA) is 31.2 Å². The van der Waals surface area contributed by atoms with E-state index in [0.29, 0.717) is 6.54 Å². The highest BCUT2D eigenvalue weighted by Gasteiger charge is 2.21. The summed E-state index contributed by atoms with van der Waals surface area (Å²) in [5.74, 6) is 0. The van der Waals surface area contributed by atoms with Crippen LogP contribution in [-0.4, -0.2) is 11.2 Å². The maximum absolute atomic E-state index is 11.5. The van der Waals surface area contributed by atoms with E-state index in [2.05, 4.69) is 18.2 Å². The van der Waals surface area contributed by atoms with Gasteiger partial charge in [0, 0.05) is 11.6 Å². The van der Waals surface area contributed by atoms with E-state index < -0.39 is 0 Å². The average molecular weight is 247 g/mol. The minimum absolute atomic E-state index is 0.00671. The summed E-state index contributed by atoms with van der Waals surface area (Å²) >= 11 is 1.23. The summed E-state index contributed by atoms with van der Waals surface area (Å²) in [4.78, 5) is 11.6. The van der Waals surface area contributed by atoms with Gasteiger partial charge in [-0.05, 0) is 17.5 Å². The average Bonchev–Trinajstić information content (AvgIpc) is 2.76. The molecule has 17 heavy (non-hydrogen) atoms. The minimum Gasteiger partial charge on any atom is -0.371 e. The largest absolute Gasteiger partial charge is 0.371 e. The van der Waals surface area contributed by atoms with Crippen LogP contribution in [0.4, 0.5) is 0 Å². The van der Waals surface area contributed by atoms with Crippen LogP contribution >= 0.6 is 11.3 Å². The number of benzene rings is 1. The highest BCUT2D eigenvalue weighted by atomic mass is 32.1. The zero-order valence-electron chi connectivity index (χ0n) is 9.33. The molecule has 0 N–H and O–H groups in total. The van der Waals surface area contributed by atoms with Gasteiger partial charge < -0.3 is 9.30 Å². The van der Waals surface area contributed by atoms with E-state index in [9.17, 15) is 4.79 Å². The summed E-state index contributed by atoms with van der Waals surface area (Å²) in [6, 6.07) is 8.31. The van der Waals surface area contributed by atoms with E-state index in [1.54, 1.807) is 4.57 Å². The molecule has 1 atom stereocenters. The Balaban J connectivity index is 1.91. The van der Waals surface area contributed by atoms with Gasteiger partial charge in [-0.3, -0.25) is 4.79 Å². The number of hydrogen-bond acceptors (Lipinski definition) is 3. The molecule has 0 spiro atoms. The Morgan fingerprint density at radius 3 is 3.12 bits per heavy atom. The van der Waals surface area contributed by atoms with Gasteiger partial charge in [0.2, 0.25) is 0 Å². The first-order valence-corrected chi connectivity index (χ1v) is 6.56. The van der Waals surface area contributed by atoms with Crippen molar-refractivity contribution in [2.24, 2.45) is 0 Å². The first-order valence-electron chi connectivity index (χ1n) is 5.68. The Bertz CT molecular complexity index is 573. The normalized spacial score (nSPS) is 18.9. The number of rotatable bonds is 2. The second-order valence-corrected chi connectivity index (χ2v) is 4.99. The molecule has 0 saturated carbocycles. The molecule has 0 radical (unpaired) electrons. The Morgan fingerprint density at radius 2 is 2.29 bits per heavy atom. The van der Waals surface area contributed by atoms with Crippen molar-refractivity contribution in [2.45, 2.75) is 19.1 Å². The lowest BCUT2D eigenvalue weighted by atomic mass is 9.97. The van der Waals surface area contributed by atoms with Gasteiger partial charge in [0.05, 0.1) is 13.2 Å². The lowest BCUT2D eigenvalue weighted by Crippen LogP contribution is -2.24. The highest BCUT2D eigenvalue weighted by molar-refractivity contribution is 7.07. The maximum Gasteiger partial charge on any atom is 0.307 e. The predicted octanol–water partition coefficient (Wildman–Crippen LogP) is 2.22. The first-order chi connectivity index (χ1) is 8.34. The van der Waals surface area contributed by atoms with Crippen molar-refractivity contribution in [3.8, 4) is 0 Å². The van der Waals surface area contributed by atoms with Crippen molar-refractivity contribution in [3.63, 3.8) is 0 Å². The van der Waals surface area contributed by atoms with Crippen LogP contribution in [0.5, 0.6) is 0 Å². The minimum atomic E-state index is 0.00671. The van der Waals surface area contributed by atoms with E-state index in [4.69, 9.17) is 4.74 Å². The molecule has 1 aromatic heterocycles. The number of fused-ring (bicyclic) bond motifs is 1. The van der Waals surface area contributed by atoms with Gasteiger partial charge in [0.15, 0.2) is 0 Å². The second-order valence-electron chi connectivity index (χ2n) is 4.13. The fourth-order valence-electron chi connectivity index (χ4n) is 2.23. The van der Waals surface area contributed by atoms with Crippen molar-refractivity contribution < 1.29 is 4.74 Å². The molecule has 4 heteroatoms. The lowest BCUT2D eigenvalue weighted by Gasteiger charge is -2.26. The van der Waals surface area contributed by atoms with Crippen molar-refractivity contribution in [3.05, 3.63) is 56.6 Å². The fourth-order valence-corrected chi connectivity index (χ4v) is 2.83. The molecular weight excluding hydrogens is 234 g/mol. The van der Waals surface area contributed by atoms with Crippen LogP contribution in [0, 0.1) is 0 Å². The van der Waals surface area contributed by atoms with Crippen molar-refractivity contribution in [1.29, 1.82) is 0 Å². The molecule has 0 saturated heterocycles. The van der Waals surface area contributed by atoms with Crippen LogP contribution in [0.3, 0.4) is 0 Å². The zero-order chi connectivity index (χ0) is 11.7. The van der Waals surface area contributed by atoms with Gasteiger partial charge in [-0.1, -0.05) is 35.6 Å². The van der Waals surface area contributed by atoms with E-state index >= 15 is 0 Å². The number of ether oxygens (including phenoxy) is 1. The standard InChI is InChI=1S/C13H13NO2S/c15-13-14(6-8-17-13)9-12-11-4-2-1-3-10(11)5-7-16-12/h1-4,6,8,12H,5,7,9H2. The molecule has 0 aliphatic carbocycles. The molecule has 88 valence electrons. The Hall–Kier alpha value is -1.39. The summed E-state index contributed by atoms with van der Waals surface area (Å²) in [5.41, 5.74) is 2.56. The predicted molar refractivity (Wildman–Crippen MR) is 67.4 cm³/mol. The highest BCUT2D eigenvalue weighted by Crippen LogP contribution is 2.27. The summed E-state index contributed by atoms with van der Waals surface area (Å²) in [6.07, 6.45) is 2.80. The molecule has 0 fully saturated rings. The number of thiazole rings is 1. The number of hydrogen-bond donors (Lipinski definition) is 0. The number of nitrogens with zero attached hydrogens (tertiary/aromatic N) is 1. The van der Waals surface area contributed by atoms with Crippen LogP contribution in [-0.2, 0) is 17.7 Å². The van der Waals surface area contributed by atoms with E-state index in [1.165, 1.54) is 22.5 Å². The van der Waals surface area contributed by atoms with Crippen LogP contribution in [0.1, 0.15) is 17.2 Å². The third kappa shape index (κ3) is 2.06. The SMILES string of the molecule is O=c1sccn1CC1OCCc2ccccc21. The molecule has 2 aromatic rings. The molecule has 3 nitrogen and oxygen atoms in total. The van der Waals surface area contributed by atoms with Crippen LogP contribution in [0.2, 0.25) is 0 Å². The molecule has 3 rings (SSSR count). The van der Waals surface area contributed by atoms with Gasteiger partial charge in [0.1, 0.15) is 6.10 Å². The third-order valence-electron chi connectivity index (χ3n) is 3.10. The molecule has 2 heterocycles. The summed E-state index contributed by atoms with van der Waals surface area (Å²) in [5, 5.41) is 1.82. The monoisotopic (exact) mass is 247 g/mol. The summed E-state index contributed by atoms with van der Waals surface area (Å²) in [7, 11) is 0. The molecular formula is C13H13NO2S. The molecule has 1 unspecified atom stereocenters. The Morgan fingerprint density at radius 1 is 1.41 bits per heavy atom. The van der Waals surface area contributed by atoms with Gasteiger partial charge in [-0.25, -0.2) is 0 Å². The quantitative estimate of drug-likeness (QED) is 0.815. The van der Waals surface area contributed by atoms with Crippen molar-refractivity contribution in [1.82, 2.24) is 4.57 Å². The van der Waals surface area contributed by atoms with E-state index in [0.717, 1.165) is 13.0 Å². The van der Waals surface area contributed by atoms with E-state index in [1.807, 2.05) is 17.6 Å². The smallest absolute Gasteiger partial charge is 0.307 e. The van der Waals surface area contributed by atoms with Crippen molar-refractivity contribution in [2.75, 3.05) is 6.61 Å². The number of aromatic nitrogens is 1. The van der Waals surface area contributed by atoms with Gasteiger partial charge in [0.25, 0.3) is 0 Å². The molecule has 0 amide bonds. The van der Waals surface area contributed by atoms with Gasteiger partial charge >= 0.3 is 4.87 Å². The Labute approximate surface area is 103 Å². The third-order valence-corrected chi connectivity index (χ3v) is 3.79. The van der Waals surface area contributed by atoms with Gasteiger partial charge in [-0.15, -0.1) is 0 Å². The van der Waals surface area contributed by atoms with E-state index in [-0.39, 0.29) is 11.0 Å². The van der Waals surface area contributed by atoms with Crippen LogP contribution in [0.15, 0.2) is 40.6 Å². The summed E-state index contributed by atoms with van der Waals surface area (Å²) in [6.45, 7) is 1.35. The Kier molecular flexibility index (Phi) is 2.82. The van der Waals surface area contributed by atoms with Crippen LogP contribution in [0.25, 0.3) is 0 Å². The van der Waals surface area contributed by atoms with Gasteiger partial charge in [-0.2, -0.15) is 0 Å². The lowest BCUT2D eigenvalue weighted by molar-refractivity contribution is 0.0302. The summed E-state index contributed by atoms with van der Waals surface area (Å²) < 4.78 is 7.50. The fraction of sp³-hybridized carbons (Fsp3) is 0.308. The zero-order valence-corrected chi connectivity index (χ0v) is 10.2.